The molecule has 0 radical (unpaired) electrons. The van der Waals surface area contributed by atoms with Crippen molar-refractivity contribution < 1.29 is 18.4 Å². The summed E-state index contributed by atoms with van der Waals surface area (Å²) in [6, 6.07) is 16.8. The molecule has 0 bridgehead atoms. The van der Waals surface area contributed by atoms with Gasteiger partial charge in [0.25, 0.3) is 5.89 Å². The minimum Gasteiger partial charge on any atom is -0.494 e. The normalized spacial score (nSPS) is 10.9. The number of nitrogens with one attached hydrogen (secondary N) is 1. The van der Waals surface area contributed by atoms with Crippen LogP contribution in [0.3, 0.4) is 0 Å². The van der Waals surface area contributed by atoms with E-state index in [9.17, 15) is 4.79 Å². The van der Waals surface area contributed by atoms with E-state index in [0.717, 1.165) is 22.3 Å². The summed E-state index contributed by atoms with van der Waals surface area (Å²) in [5.74, 6) is 1.19. The number of para-hydroxylation sites is 1. The first-order chi connectivity index (χ1) is 13.2. The molecule has 1 amide bonds. The van der Waals surface area contributed by atoms with E-state index in [4.69, 9.17) is 13.6 Å². The van der Waals surface area contributed by atoms with Crippen molar-refractivity contribution in [3.8, 4) is 17.4 Å². The minimum absolute atomic E-state index is 0.0291. The van der Waals surface area contributed by atoms with Gasteiger partial charge >= 0.3 is 6.01 Å². The molecule has 0 fully saturated rings. The molecule has 0 saturated heterocycles. The standard InChI is InChI=1S/C20H17N3O4/c1-2-25-15-9-7-13(8-10-15)11-18(24)21-20-23-22-19(27-20)17-12-14-5-3-4-6-16(14)26-17/h3-10,12H,2,11H2,1H3,(H,21,23,24). The van der Waals surface area contributed by atoms with E-state index in [1.54, 1.807) is 0 Å². The van der Waals surface area contributed by atoms with Gasteiger partial charge in [-0.25, -0.2) is 0 Å². The Hall–Kier alpha value is -3.61. The first-order valence-electron chi connectivity index (χ1n) is 8.55. The van der Waals surface area contributed by atoms with E-state index in [1.165, 1.54) is 0 Å². The van der Waals surface area contributed by atoms with Crippen LogP contribution >= 0.6 is 0 Å². The van der Waals surface area contributed by atoms with Gasteiger partial charge < -0.3 is 13.6 Å². The van der Waals surface area contributed by atoms with E-state index >= 15 is 0 Å². The Morgan fingerprint density at radius 2 is 1.89 bits per heavy atom. The molecule has 4 rings (SSSR count). The quantitative estimate of drug-likeness (QED) is 0.555. The molecule has 136 valence electrons. The second-order valence-electron chi connectivity index (χ2n) is 5.86. The molecule has 2 heterocycles. The Bertz CT molecular complexity index is 1030. The van der Waals surface area contributed by atoms with Crippen LogP contribution in [0, 0.1) is 0 Å². The van der Waals surface area contributed by atoms with Crippen LogP contribution in [-0.4, -0.2) is 22.7 Å². The smallest absolute Gasteiger partial charge is 0.322 e. The third-order valence-electron chi connectivity index (χ3n) is 3.91. The molecule has 0 unspecified atom stereocenters. The van der Waals surface area contributed by atoms with E-state index in [0.29, 0.717) is 12.4 Å². The number of hydrogen-bond acceptors (Lipinski definition) is 6. The maximum absolute atomic E-state index is 12.2. The van der Waals surface area contributed by atoms with Gasteiger partial charge in [-0.05, 0) is 36.8 Å². The average Bonchev–Trinajstić information content (AvgIpc) is 3.30. The van der Waals surface area contributed by atoms with Gasteiger partial charge in [-0.3, -0.25) is 10.1 Å². The molecular formula is C20H17N3O4. The molecule has 4 aromatic rings. The number of ether oxygens (including phenoxy) is 1. The SMILES string of the molecule is CCOc1ccc(CC(=O)Nc2nnc(-c3cc4ccccc4o3)o2)cc1. The topological polar surface area (TPSA) is 90.4 Å². The zero-order valence-corrected chi connectivity index (χ0v) is 14.6. The van der Waals surface area contributed by atoms with Crippen molar-refractivity contribution in [2.75, 3.05) is 11.9 Å². The number of nitrogens with zero attached hydrogens (tertiary/aromatic N) is 2. The number of fused-ring (bicyclic) bond motifs is 1. The van der Waals surface area contributed by atoms with Gasteiger partial charge in [0, 0.05) is 5.39 Å². The highest BCUT2D eigenvalue weighted by Crippen LogP contribution is 2.27. The highest BCUT2D eigenvalue weighted by atomic mass is 16.5. The Labute approximate surface area is 155 Å². The molecule has 27 heavy (non-hydrogen) atoms. The van der Waals surface area contributed by atoms with Crippen LogP contribution < -0.4 is 10.1 Å². The van der Waals surface area contributed by atoms with Crippen LogP contribution in [0.1, 0.15) is 12.5 Å². The number of carbonyl (C=O) groups is 1. The Morgan fingerprint density at radius 3 is 2.67 bits per heavy atom. The molecule has 0 aliphatic carbocycles. The van der Waals surface area contributed by atoms with Crippen molar-refractivity contribution in [3.63, 3.8) is 0 Å². The summed E-state index contributed by atoms with van der Waals surface area (Å²) in [6.07, 6.45) is 0.189. The minimum atomic E-state index is -0.251. The predicted octanol–water partition coefficient (Wildman–Crippen LogP) is 4.06. The zero-order valence-electron chi connectivity index (χ0n) is 14.6. The fourth-order valence-electron chi connectivity index (χ4n) is 2.68. The second-order valence-corrected chi connectivity index (χ2v) is 5.86. The summed E-state index contributed by atoms with van der Waals surface area (Å²) >= 11 is 0. The van der Waals surface area contributed by atoms with Gasteiger partial charge in [0.2, 0.25) is 5.91 Å². The summed E-state index contributed by atoms with van der Waals surface area (Å²) in [5, 5.41) is 11.3. The maximum atomic E-state index is 12.2. The van der Waals surface area contributed by atoms with Crippen LogP contribution in [0.25, 0.3) is 22.6 Å². The lowest BCUT2D eigenvalue weighted by atomic mass is 10.1. The van der Waals surface area contributed by atoms with Gasteiger partial charge in [0.15, 0.2) is 5.76 Å². The molecule has 0 aliphatic rings. The third kappa shape index (κ3) is 3.82. The lowest BCUT2D eigenvalue weighted by Gasteiger charge is -2.04. The molecular weight excluding hydrogens is 346 g/mol. The summed E-state index contributed by atoms with van der Waals surface area (Å²) in [5.41, 5.74) is 1.58. The monoisotopic (exact) mass is 363 g/mol. The number of rotatable bonds is 6. The number of carbonyl (C=O) groups excluding carboxylic acids is 1. The third-order valence-corrected chi connectivity index (χ3v) is 3.91. The van der Waals surface area contributed by atoms with Crippen LogP contribution in [-0.2, 0) is 11.2 Å². The largest absolute Gasteiger partial charge is 0.494 e. The van der Waals surface area contributed by atoms with Crippen LogP contribution in [0.15, 0.2) is 63.4 Å². The summed E-state index contributed by atoms with van der Waals surface area (Å²) in [6.45, 7) is 2.52. The number of furan rings is 1. The van der Waals surface area contributed by atoms with Gasteiger partial charge in [-0.15, -0.1) is 5.10 Å². The molecule has 0 atom stereocenters. The van der Waals surface area contributed by atoms with Gasteiger partial charge in [-0.1, -0.05) is 35.4 Å². The second kappa shape index (κ2) is 7.33. The Balaban J connectivity index is 1.41. The van der Waals surface area contributed by atoms with E-state index in [1.807, 2.05) is 61.5 Å². The van der Waals surface area contributed by atoms with Crippen LogP contribution in [0.4, 0.5) is 6.01 Å². The van der Waals surface area contributed by atoms with Crippen molar-refractivity contribution in [2.45, 2.75) is 13.3 Å². The fourth-order valence-corrected chi connectivity index (χ4v) is 2.68. The average molecular weight is 363 g/mol. The lowest BCUT2D eigenvalue weighted by molar-refractivity contribution is -0.115. The number of amides is 1. The summed E-state index contributed by atoms with van der Waals surface area (Å²) in [7, 11) is 0. The summed E-state index contributed by atoms with van der Waals surface area (Å²) in [4.78, 5) is 12.2. The predicted molar refractivity (Wildman–Crippen MR) is 99.5 cm³/mol. The fraction of sp³-hybridized carbons (Fsp3) is 0.150. The van der Waals surface area contributed by atoms with Crippen molar-refractivity contribution >= 4 is 22.9 Å². The maximum Gasteiger partial charge on any atom is 0.322 e. The Morgan fingerprint density at radius 1 is 1.07 bits per heavy atom. The number of benzene rings is 2. The van der Waals surface area contributed by atoms with Gasteiger partial charge in [0.05, 0.1) is 13.0 Å². The number of aromatic nitrogens is 2. The molecule has 2 aromatic heterocycles. The Kier molecular flexibility index (Phi) is 4.57. The molecule has 7 nitrogen and oxygen atoms in total. The zero-order chi connectivity index (χ0) is 18.6. The number of anilines is 1. The number of hydrogen-bond donors (Lipinski definition) is 1. The van der Waals surface area contributed by atoms with E-state index < -0.39 is 0 Å². The van der Waals surface area contributed by atoms with Crippen molar-refractivity contribution in [3.05, 3.63) is 60.2 Å². The molecule has 0 aliphatic heterocycles. The highest BCUT2D eigenvalue weighted by Gasteiger charge is 2.15. The highest BCUT2D eigenvalue weighted by molar-refractivity contribution is 5.90. The molecule has 7 heteroatoms. The van der Waals surface area contributed by atoms with Crippen LogP contribution in [0.5, 0.6) is 5.75 Å². The van der Waals surface area contributed by atoms with Crippen LogP contribution in [0.2, 0.25) is 0 Å². The molecule has 0 saturated carbocycles. The van der Waals surface area contributed by atoms with Gasteiger partial charge in [0.1, 0.15) is 11.3 Å². The van der Waals surface area contributed by atoms with E-state index in [2.05, 4.69) is 15.5 Å². The lowest BCUT2D eigenvalue weighted by Crippen LogP contribution is -2.14. The van der Waals surface area contributed by atoms with Crippen molar-refractivity contribution in [2.24, 2.45) is 0 Å². The van der Waals surface area contributed by atoms with Crippen molar-refractivity contribution in [1.82, 2.24) is 10.2 Å². The molecule has 1 N–H and O–H groups in total. The molecule has 0 spiro atoms. The van der Waals surface area contributed by atoms with Crippen molar-refractivity contribution in [1.29, 1.82) is 0 Å². The first-order valence-corrected chi connectivity index (χ1v) is 8.55. The molecule has 2 aromatic carbocycles. The first kappa shape index (κ1) is 16.8. The van der Waals surface area contributed by atoms with E-state index in [-0.39, 0.29) is 24.2 Å². The van der Waals surface area contributed by atoms with Gasteiger partial charge in [-0.2, -0.15) is 0 Å². The summed E-state index contributed by atoms with van der Waals surface area (Å²) < 4.78 is 16.6.